The van der Waals surface area contributed by atoms with Gasteiger partial charge in [-0.15, -0.1) is 0 Å². The van der Waals surface area contributed by atoms with Crippen LogP contribution in [-0.4, -0.2) is 41.1 Å². The number of aromatic hydroxyl groups is 1. The molecule has 0 bridgehead atoms. The summed E-state index contributed by atoms with van der Waals surface area (Å²) in [6, 6.07) is 20.0. The Morgan fingerprint density at radius 2 is 1.63 bits per heavy atom. The van der Waals surface area contributed by atoms with Crippen LogP contribution in [0, 0.1) is 6.92 Å². The van der Waals surface area contributed by atoms with Crippen LogP contribution in [0.1, 0.15) is 28.7 Å². The molecule has 30 heavy (non-hydrogen) atoms. The summed E-state index contributed by atoms with van der Waals surface area (Å²) in [7, 11) is 0. The van der Waals surface area contributed by atoms with E-state index in [4.69, 9.17) is 16.0 Å². The minimum absolute atomic E-state index is 0.149. The molecular formula is C24H25ClN2O3. The molecule has 0 radical (unpaired) electrons. The summed E-state index contributed by atoms with van der Waals surface area (Å²) >= 11 is 6.11. The van der Waals surface area contributed by atoms with Crippen LogP contribution in [0.25, 0.3) is 0 Å². The van der Waals surface area contributed by atoms with Gasteiger partial charge in [0.1, 0.15) is 5.76 Å². The van der Waals surface area contributed by atoms with Gasteiger partial charge in [-0.1, -0.05) is 54.1 Å². The molecule has 0 saturated carbocycles. The molecular weight excluding hydrogens is 400 g/mol. The summed E-state index contributed by atoms with van der Waals surface area (Å²) in [6.07, 6.45) is 0. The van der Waals surface area contributed by atoms with E-state index in [2.05, 4.69) is 46.2 Å². The molecule has 0 amide bonds. The number of piperazine rings is 1. The minimum Gasteiger partial charge on any atom is -0.502 e. The Hall–Kier alpha value is -2.60. The van der Waals surface area contributed by atoms with Gasteiger partial charge in [0.15, 0.2) is 5.76 Å². The van der Waals surface area contributed by atoms with Crippen molar-refractivity contribution in [1.82, 2.24) is 9.80 Å². The topological polar surface area (TPSA) is 56.9 Å². The Labute approximate surface area is 181 Å². The van der Waals surface area contributed by atoms with Crippen molar-refractivity contribution in [2.45, 2.75) is 19.5 Å². The van der Waals surface area contributed by atoms with E-state index in [1.165, 1.54) is 17.2 Å². The first-order chi connectivity index (χ1) is 14.5. The first kappa shape index (κ1) is 20.7. The standard InChI is InChI=1S/C24H25ClN2O3/c1-17-15-21(28)24(29)22(30-17)16-26-11-13-27(14-12-26)23(18-5-3-2-4-6-18)19-7-9-20(25)10-8-19/h2-10,15,23,29H,11-14,16H2,1H3/t23-/m1/s1. The molecule has 0 spiro atoms. The maximum absolute atomic E-state index is 11.8. The van der Waals surface area contributed by atoms with E-state index >= 15 is 0 Å². The molecule has 6 heteroatoms. The maximum Gasteiger partial charge on any atom is 0.227 e. The number of hydrogen-bond acceptors (Lipinski definition) is 5. The highest BCUT2D eigenvalue weighted by atomic mass is 35.5. The van der Waals surface area contributed by atoms with Gasteiger partial charge in [-0.3, -0.25) is 14.6 Å². The van der Waals surface area contributed by atoms with Crippen LogP contribution in [0.5, 0.6) is 5.75 Å². The third-order valence-electron chi connectivity index (χ3n) is 5.56. The third-order valence-corrected chi connectivity index (χ3v) is 5.81. The molecule has 1 N–H and O–H groups in total. The third kappa shape index (κ3) is 4.59. The quantitative estimate of drug-likeness (QED) is 0.664. The van der Waals surface area contributed by atoms with Crippen molar-refractivity contribution in [2.24, 2.45) is 0 Å². The molecule has 2 heterocycles. The fraction of sp³-hybridized carbons (Fsp3) is 0.292. The predicted molar refractivity (Wildman–Crippen MR) is 118 cm³/mol. The molecule has 3 aromatic rings. The first-order valence-electron chi connectivity index (χ1n) is 10.1. The molecule has 1 aromatic heterocycles. The van der Waals surface area contributed by atoms with Crippen LogP contribution < -0.4 is 5.43 Å². The predicted octanol–water partition coefficient (Wildman–Crippen LogP) is 4.21. The highest BCUT2D eigenvalue weighted by molar-refractivity contribution is 6.30. The fourth-order valence-corrected chi connectivity index (χ4v) is 4.17. The molecule has 5 nitrogen and oxygen atoms in total. The van der Waals surface area contributed by atoms with Crippen molar-refractivity contribution in [2.75, 3.05) is 26.2 Å². The van der Waals surface area contributed by atoms with Gasteiger partial charge in [-0.05, 0) is 30.2 Å². The van der Waals surface area contributed by atoms with Crippen molar-refractivity contribution in [3.8, 4) is 5.75 Å². The fourth-order valence-electron chi connectivity index (χ4n) is 4.05. The van der Waals surface area contributed by atoms with Gasteiger partial charge in [0, 0.05) is 37.3 Å². The molecule has 0 unspecified atom stereocenters. The molecule has 0 aliphatic carbocycles. The maximum atomic E-state index is 11.8. The van der Waals surface area contributed by atoms with E-state index in [0.29, 0.717) is 18.1 Å². The summed E-state index contributed by atoms with van der Waals surface area (Å²) in [6.45, 7) is 5.49. The van der Waals surface area contributed by atoms with Gasteiger partial charge in [0.25, 0.3) is 0 Å². The molecule has 4 rings (SSSR count). The van der Waals surface area contributed by atoms with Crippen molar-refractivity contribution < 1.29 is 9.52 Å². The zero-order valence-corrected chi connectivity index (χ0v) is 17.7. The number of aryl methyl sites for hydroxylation is 1. The van der Waals surface area contributed by atoms with Crippen molar-refractivity contribution in [1.29, 1.82) is 0 Å². The molecule has 1 aliphatic rings. The van der Waals surface area contributed by atoms with Crippen molar-refractivity contribution >= 4 is 11.6 Å². The van der Waals surface area contributed by atoms with Crippen molar-refractivity contribution in [3.05, 3.63) is 98.6 Å². The molecule has 1 aliphatic heterocycles. The zero-order chi connectivity index (χ0) is 21.1. The Bertz CT molecular complexity index is 1040. The van der Waals surface area contributed by atoms with Gasteiger partial charge >= 0.3 is 0 Å². The molecule has 1 saturated heterocycles. The zero-order valence-electron chi connectivity index (χ0n) is 16.9. The second-order valence-corrected chi connectivity index (χ2v) is 8.11. The van der Waals surface area contributed by atoms with Gasteiger partial charge in [0.2, 0.25) is 11.2 Å². The number of rotatable bonds is 5. The lowest BCUT2D eigenvalue weighted by atomic mass is 9.96. The van der Waals surface area contributed by atoms with E-state index < -0.39 is 0 Å². The summed E-state index contributed by atoms with van der Waals surface area (Å²) in [4.78, 5) is 16.5. The summed E-state index contributed by atoms with van der Waals surface area (Å²) in [5.41, 5.74) is 2.07. The average Bonchev–Trinajstić information content (AvgIpc) is 2.75. The highest BCUT2D eigenvalue weighted by Crippen LogP contribution is 2.30. The number of hydrogen-bond donors (Lipinski definition) is 1. The van der Waals surface area contributed by atoms with Crippen LogP contribution in [0.2, 0.25) is 5.02 Å². The minimum atomic E-state index is -0.390. The Balaban J connectivity index is 1.51. The van der Waals surface area contributed by atoms with E-state index in [1.54, 1.807) is 6.92 Å². The Morgan fingerprint density at radius 1 is 1.00 bits per heavy atom. The lowest BCUT2D eigenvalue weighted by Gasteiger charge is -2.39. The lowest BCUT2D eigenvalue weighted by Crippen LogP contribution is -2.47. The summed E-state index contributed by atoms with van der Waals surface area (Å²) in [5, 5.41) is 10.8. The number of halogens is 1. The first-order valence-corrected chi connectivity index (χ1v) is 10.5. The van der Waals surface area contributed by atoms with Gasteiger partial charge in [0.05, 0.1) is 12.6 Å². The monoisotopic (exact) mass is 424 g/mol. The summed E-state index contributed by atoms with van der Waals surface area (Å²) in [5.74, 6) is 0.565. The second-order valence-electron chi connectivity index (χ2n) is 7.67. The molecule has 1 fully saturated rings. The number of benzene rings is 2. The average molecular weight is 425 g/mol. The van der Waals surface area contributed by atoms with E-state index in [1.807, 2.05) is 18.2 Å². The van der Waals surface area contributed by atoms with E-state index in [0.717, 1.165) is 31.2 Å². The molecule has 1 atom stereocenters. The Morgan fingerprint density at radius 3 is 2.30 bits per heavy atom. The van der Waals surface area contributed by atoms with Crippen LogP contribution >= 0.6 is 11.6 Å². The van der Waals surface area contributed by atoms with Crippen LogP contribution in [-0.2, 0) is 6.54 Å². The highest BCUT2D eigenvalue weighted by Gasteiger charge is 2.27. The van der Waals surface area contributed by atoms with E-state index in [9.17, 15) is 9.90 Å². The number of nitrogens with zero attached hydrogens (tertiary/aromatic N) is 2. The van der Waals surface area contributed by atoms with Gasteiger partial charge in [-0.2, -0.15) is 0 Å². The SMILES string of the molecule is Cc1cc(=O)c(O)c(CN2CCN([C@H](c3ccccc3)c3ccc(Cl)cc3)CC2)o1. The van der Waals surface area contributed by atoms with Crippen LogP contribution in [0.3, 0.4) is 0 Å². The summed E-state index contributed by atoms with van der Waals surface area (Å²) < 4.78 is 5.60. The van der Waals surface area contributed by atoms with Gasteiger partial charge < -0.3 is 9.52 Å². The smallest absolute Gasteiger partial charge is 0.227 e. The van der Waals surface area contributed by atoms with Crippen molar-refractivity contribution in [3.63, 3.8) is 0 Å². The Kier molecular flexibility index (Phi) is 6.23. The molecule has 156 valence electrons. The van der Waals surface area contributed by atoms with Crippen LogP contribution in [0.15, 0.2) is 69.9 Å². The lowest BCUT2D eigenvalue weighted by molar-refractivity contribution is 0.0978. The second kappa shape index (κ2) is 9.04. The van der Waals surface area contributed by atoms with Crippen LogP contribution in [0.4, 0.5) is 0 Å². The van der Waals surface area contributed by atoms with Gasteiger partial charge in [-0.25, -0.2) is 0 Å². The van der Waals surface area contributed by atoms with E-state index in [-0.39, 0.29) is 17.2 Å². The largest absolute Gasteiger partial charge is 0.502 e. The normalized spacial score (nSPS) is 16.5. The molecule has 2 aromatic carbocycles.